The molecule has 1 amide bonds. The van der Waals surface area contributed by atoms with Gasteiger partial charge in [0.05, 0.1) is 6.10 Å². The third kappa shape index (κ3) is 3.48. The molecule has 92 valence electrons. The van der Waals surface area contributed by atoms with Gasteiger partial charge in [-0.05, 0) is 33.1 Å². The number of carboxylic acids is 1. The summed E-state index contributed by atoms with van der Waals surface area (Å²) in [7, 11) is 0. The lowest BCUT2D eigenvalue weighted by Crippen LogP contribution is -2.49. The largest absolute Gasteiger partial charge is 0.480 e. The maximum absolute atomic E-state index is 11.8. The summed E-state index contributed by atoms with van der Waals surface area (Å²) in [5.41, 5.74) is 0. The van der Waals surface area contributed by atoms with E-state index in [0.717, 1.165) is 12.8 Å². The lowest BCUT2D eigenvalue weighted by atomic mass is 10.0. The highest BCUT2D eigenvalue weighted by Gasteiger charge is 2.31. The summed E-state index contributed by atoms with van der Waals surface area (Å²) in [6, 6.07) is -0.669. The molecule has 1 saturated heterocycles. The molecule has 1 rings (SSSR count). The summed E-state index contributed by atoms with van der Waals surface area (Å²) in [6.45, 7) is 4.19. The molecule has 1 atom stereocenters. The fraction of sp³-hybridized carbons (Fsp3) is 0.818. The summed E-state index contributed by atoms with van der Waals surface area (Å²) in [5.74, 6) is -1.14. The van der Waals surface area contributed by atoms with Crippen molar-refractivity contribution >= 4 is 11.9 Å². The SMILES string of the molecule is CC(C)OCC(=O)N1CCCC[C@@H]1C(=O)O. The first kappa shape index (κ1) is 13.0. The van der Waals surface area contributed by atoms with Crippen LogP contribution >= 0.6 is 0 Å². The number of piperidine rings is 1. The van der Waals surface area contributed by atoms with E-state index in [9.17, 15) is 9.59 Å². The van der Waals surface area contributed by atoms with Crippen molar-refractivity contribution in [3.8, 4) is 0 Å². The van der Waals surface area contributed by atoms with E-state index in [-0.39, 0.29) is 18.6 Å². The second kappa shape index (κ2) is 5.84. The van der Waals surface area contributed by atoms with Crippen LogP contribution in [0.15, 0.2) is 0 Å². The molecular formula is C11H19NO4. The molecule has 0 aromatic heterocycles. The standard InChI is InChI=1S/C11H19NO4/c1-8(2)16-7-10(13)12-6-4-3-5-9(12)11(14)15/h8-9H,3-7H2,1-2H3,(H,14,15)/t9-/m1/s1. The van der Waals surface area contributed by atoms with Gasteiger partial charge in [-0.25, -0.2) is 4.79 Å². The molecule has 5 heteroatoms. The van der Waals surface area contributed by atoms with E-state index in [4.69, 9.17) is 9.84 Å². The van der Waals surface area contributed by atoms with E-state index in [0.29, 0.717) is 13.0 Å². The van der Waals surface area contributed by atoms with Gasteiger partial charge in [0.1, 0.15) is 12.6 Å². The second-order valence-corrected chi connectivity index (χ2v) is 4.30. The Labute approximate surface area is 95.4 Å². The van der Waals surface area contributed by atoms with E-state index in [1.807, 2.05) is 13.8 Å². The second-order valence-electron chi connectivity index (χ2n) is 4.30. The van der Waals surface area contributed by atoms with Crippen LogP contribution in [0.4, 0.5) is 0 Å². The van der Waals surface area contributed by atoms with Crippen LogP contribution in [0.2, 0.25) is 0 Å². The molecular weight excluding hydrogens is 210 g/mol. The van der Waals surface area contributed by atoms with Gasteiger partial charge in [-0.3, -0.25) is 4.79 Å². The van der Waals surface area contributed by atoms with Crippen molar-refractivity contribution in [1.82, 2.24) is 4.90 Å². The summed E-state index contributed by atoms with van der Waals surface area (Å²) >= 11 is 0. The number of carbonyl (C=O) groups is 2. The van der Waals surface area contributed by atoms with Crippen molar-refractivity contribution in [1.29, 1.82) is 0 Å². The predicted octanol–water partition coefficient (Wildman–Crippen LogP) is 0.877. The van der Waals surface area contributed by atoms with Crippen LogP contribution in [0, 0.1) is 0 Å². The zero-order chi connectivity index (χ0) is 12.1. The number of likely N-dealkylation sites (tertiary alicyclic amines) is 1. The Bertz CT molecular complexity index is 265. The Morgan fingerprint density at radius 3 is 2.69 bits per heavy atom. The number of hydrogen-bond acceptors (Lipinski definition) is 3. The lowest BCUT2D eigenvalue weighted by Gasteiger charge is -2.33. The third-order valence-electron chi connectivity index (χ3n) is 2.65. The molecule has 5 nitrogen and oxygen atoms in total. The number of carboxylic acid groups (broad SMARTS) is 1. The van der Waals surface area contributed by atoms with Gasteiger partial charge in [-0.15, -0.1) is 0 Å². The lowest BCUT2D eigenvalue weighted by molar-refractivity contribution is -0.154. The van der Waals surface area contributed by atoms with Crippen molar-refractivity contribution in [3.05, 3.63) is 0 Å². The van der Waals surface area contributed by atoms with E-state index in [1.54, 1.807) is 0 Å². The number of amides is 1. The fourth-order valence-electron chi connectivity index (χ4n) is 1.81. The predicted molar refractivity (Wildman–Crippen MR) is 58.1 cm³/mol. The molecule has 0 saturated carbocycles. The first-order chi connectivity index (χ1) is 7.52. The zero-order valence-electron chi connectivity index (χ0n) is 9.81. The molecule has 1 N–H and O–H groups in total. The zero-order valence-corrected chi connectivity index (χ0v) is 9.81. The molecule has 1 aliphatic rings. The van der Waals surface area contributed by atoms with E-state index >= 15 is 0 Å². The normalized spacial score (nSPS) is 21.2. The quantitative estimate of drug-likeness (QED) is 0.777. The molecule has 0 aromatic rings. The number of aliphatic carboxylic acids is 1. The minimum atomic E-state index is -0.919. The van der Waals surface area contributed by atoms with Crippen LogP contribution in [-0.2, 0) is 14.3 Å². The molecule has 16 heavy (non-hydrogen) atoms. The Kier molecular flexibility index (Phi) is 4.73. The number of carbonyl (C=O) groups excluding carboxylic acids is 1. The topological polar surface area (TPSA) is 66.8 Å². The van der Waals surface area contributed by atoms with Gasteiger partial charge in [0.15, 0.2) is 0 Å². The Morgan fingerprint density at radius 1 is 1.44 bits per heavy atom. The Balaban J connectivity index is 2.54. The molecule has 0 unspecified atom stereocenters. The molecule has 0 aromatic carbocycles. The molecule has 1 heterocycles. The molecule has 1 fully saturated rings. The van der Waals surface area contributed by atoms with E-state index in [2.05, 4.69) is 0 Å². The van der Waals surface area contributed by atoms with Gasteiger partial charge in [-0.2, -0.15) is 0 Å². The summed E-state index contributed by atoms with van der Waals surface area (Å²) in [5, 5.41) is 9.00. The smallest absolute Gasteiger partial charge is 0.326 e. The minimum Gasteiger partial charge on any atom is -0.480 e. The van der Waals surface area contributed by atoms with Gasteiger partial charge in [0, 0.05) is 6.54 Å². The average molecular weight is 229 g/mol. The van der Waals surface area contributed by atoms with Crippen LogP contribution in [0.5, 0.6) is 0 Å². The van der Waals surface area contributed by atoms with Gasteiger partial charge in [0.2, 0.25) is 5.91 Å². The van der Waals surface area contributed by atoms with Crippen LogP contribution in [0.3, 0.4) is 0 Å². The molecule has 0 aliphatic carbocycles. The molecule has 0 bridgehead atoms. The highest BCUT2D eigenvalue weighted by Crippen LogP contribution is 2.17. The molecule has 1 aliphatic heterocycles. The first-order valence-electron chi connectivity index (χ1n) is 5.66. The minimum absolute atomic E-state index is 0.0166. The van der Waals surface area contributed by atoms with E-state index in [1.165, 1.54) is 4.90 Å². The van der Waals surface area contributed by atoms with Gasteiger partial charge in [-0.1, -0.05) is 0 Å². The van der Waals surface area contributed by atoms with E-state index < -0.39 is 12.0 Å². The highest BCUT2D eigenvalue weighted by atomic mass is 16.5. The van der Waals surface area contributed by atoms with Crippen LogP contribution < -0.4 is 0 Å². The maximum atomic E-state index is 11.8. The van der Waals surface area contributed by atoms with Crippen molar-refractivity contribution in [2.45, 2.75) is 45.3 Å². The number of nitrogens with zero attached hydrogens (tertiary/aromatic N) is 1. The van der Waals surface area contributed by atoms with Crippen molar-refractivity contribution in [2.75, 3.05) is 13.2 Å². The molecule has 0 spiro atoms. The Morgan fingerprint density at radius 2 is 2.12 bits per heavy atom. The molecule has 0 radical (unpaired) electrons. The number of hydrogen-bond donors (Lipinski definition) is 1. The van der Waals surface area contributed by atoms with Crippen LogP contribution in [-0.4, -0.2) is 47.2 Å². The van der Waals surface area contributed by atoms with Gasteiger partial charge < -0.3 is 14.7 Å². The fourth-order valence-corrected chi connectivity index (χ4v) is 1.81. The monoisotopic (exact) mass is 229 g/mol. The average Bonchev–Trinajstić information content (AvgIpc) is 2.25. The highest BCUT2D eigenvalue weighted by molar-refractivity contribution is 5.84. The summed E-state index contributed by atoms with van der Waals surface area (Å²) in [4.78, 5) is 24.2. The van der Waals surface area contributed by atoms with Gasteiger partial charge in [0.25, 0.3) is 0 Å². The number of rotatable bonds is 4. The van der Waals surface area contributed by atoms with Crippen LogP contribution in [0.1, 0.15) is 33.1 Å². The summed E-state index contributed by atoms with van der Waals surface area (Å²) < 4.78 is 5.20. The van der Waals surface area contributed by atoms with Crippen molar-refractivity contribution in [3.63, 3.8) is 0 Å². The number of ether oxygens (including phenoxy) is 1. The maximum Gasteiger partial charge on any atom is 0.326 e. The van der Waals surface area contributed by atoms with Gasteiger partial charge >= 0.3 is 5.97 Å². The van der Waals surface area contributed by atoms with Crippen molar-refractivity contribution in [2.24, 2.45) is 0 Å². The third-order valence-corrected chi connectivity index (χ3v) is 2.65. The first-order valence-corrected chi connectivity index (χ1v) is 5.66. The summed E-state index contributed by atoms with van der Waals surface area (Å²) in [6.07, 6.45) is 2.27. The van der Waals surface area contributed by atoms with Crippen molar-refractivity contribution < 1.29 is 19.4 Å². The Hall–Kier alpha value is -1.10. The van der Waals surface area contributed by atoms with Crippen LogP contribution in [0.25, 0.3) is 0 Å².